The number of ether oxygens (including phenoxy) is 2. The fraction of sp³-hybridized carbons (Fsp3) is 0.222. The second-order valence-corrected chi connectivity index (χ2v) is 6.81. The fourth-order valence-corrected chi connectivity index (χ4v) is 3.66. The second kappa shape index (κ2) is 8.08. The zero-order valence-corrected chi connectivity index (χ0v) is 14.9. The first kappa shape index (κ1) is 16.7. The van der Waals surface area contributed by atoms with Gasteiger partial charge in [0.15, 0.2) is 0 Å². The maximum atomic E-state index is 11.9. The molecule has 3 aromatic rings. The van der Waals surface area contributed by atoms with Crippen LogP contribution in [0.25, 0.3) is 10.6 Å². The van der Waals surface area contributed by atoms with Crippen molar-refractivity contribution in [1.82, 2.24) is 4.98 Å². The predicted molar refractivity (Wildman–Crippen MR) is 96.8 cm³/mol. The van der Waals surface area contributed by atoms with Crippen molar-refractivity contribution in [2.75, 3.05) is 13.2 Å². The van der Waals surface area contributed by atoms with Gasteiger partial charge in [-0.3, -0.25) is 4.79 Å². The molecule has 0 saturated heterocycles. The number of thiazole rings is 1. The Hall–Kier alpha value is -2.18. The van der Waals surface area contributed by atoms with E-state index >= 15 is 0 Å². The highest BCUT2D eigenvalue weighted by atomic mass is 32.1. The molecule has 0 spiro atoms. The van der Waals surface area contributed by atoms with Gasteiger partial charge in [-0.05, 0) is 30.0 Å². The molecule has 1 aromatic carbocycles. The van der Waals surface area contributed by atoms with Crippen LogP contribution in [0, 0.1) is 6.92 Å². The first-order valence-corrected chi connectivity index (χ1v) is 9.35. The lowest BCUT2D eigenvalue weighted by atomic mass is 10.2. The van der Waals surface area contributed by atoms with Crippen LogP contribution in [-0.2, 0) is 16.0 Å². The summed E-state index contributed by atoms with van der Waals surface area (Å²) in [5, 5.41) is 6.89. The molecule has 124 valence electrons. The summed E-state index contributed by atoms with van der Waals surface area (Å²) in [5.41, 5.74) is 2.90. The number of hydrogen-bond donors (Lipinski definition) is 0. The van der Waals surface area contributed by atoms with E-state index in [0.29, 0.717) is 6.61 Å². The number of carbonyl (C=O) groups excluding carboxylic acids is 1. The molecule has 6 heteroatoms. The topological polar surface area (TPSA) is 48.4 Å². The van der Waals surface area contributed by atoms with E-state index in [-0.39, 0.29) is 19.0 Å². The molecule has 0 N–H and O–H groups in total. The van der Waals surface area contributed by atoms with Gasteiger partial charge in [-0.25, -0.2) is 4.98 Å². The van der Waals surface area contributed by atoms with E-state index in [2.05, 4.69) is 4.98 Å². The maximum absolute atomic E-state index is 11.9. The monoisotopic (exact) mass is 359 g/mol. The summed E-state index contributed by atoms with van der Waals surface area (Å²) in [6.45, 7) is 2.55. The summed E-state index contributed by atoms with van der Waals surface area (Å²) >= 11 is 3.17. The third kappa shape index (κ3) is 4.43. The van der Waals surface area contributed by atoms with Gasteiger partial charge >= 0.3 is 5.97 Å². The van der Waals surface area contributed by atoms with Crippen molar-refractivity contribution in [1.29, 1.82) is 0 Å². The lowest BCUT2D eigenvalue weighted by molar-refractivity contribution is -0.143. The third-order valence-corrected chi connectivity index (χ3v) is 4.97. The van der Waals surface area contributed by atoms with E-state index in [0.717, 1.165) is 27.6 Å². The van der Waals surface area contributed by atoms with Crippen LogP contribution in [0.5, 0.6) is 5.75 Å². The number of benzene rings is 1. The Morgan fingerprint density at radius 2 is 2.04 bits per heavy atom. The Labute approximate surface area is 148 Å². The van der Waals surface area contributed by atoms with Crippen LogP contribution in [0.2, 0.25) is 0 Å². The quantitative estimate of drug-likeness (QED) is 0.465. The van der Waals surface area contributed by atoms with Gasteiger partial charge in [0.25, 0.3) is 0 Å². The molecule has 0 aliphatic heterocycles. The summed E-state index contributed by atoms with van der Waals surface area (Å²) in [6.07, 6.45) is 0.186. The number of aromatic nitrogens is 1. The van der Waals surface area contributed by atoms with E-state index in [4.69, 9.17) is 9.47 Å². The Kier molecular flexibility index (Phi) is 5.61. The molecular formula is C18H17NO3S2. The second-order valence-electron chi connectivity index (χ2n) is 5.17. The van der Waals surface area contributed by atoms with Crippen LogP contribution in [-0.4, -0.2) is 24.2 Å². The van der Waals surface area contributed by atoms with Gasteiger partial charge in [-0.1, -0.05) is 18.2 Å². The summed E-state index contributed by atoms with van der Waals surface area (Å²) < 4.78 is 10.8. The van der Waals surface area contributed by atoms with Crippen LogP contribution < -0.4 is 4.74 Å². The van der Waals surface area contributed by atoms with Crippen LogP contribution >= 0.6 is 22.7 Å². The molecule has 3 rings (SSSR count). The minimum absolute atomic E-state index is 0.186. The molecule has 0 aliphatic carbocycles. The number of hydrogen-bond acceptors (Lipinski definition) is 6. The predicted octanol–water partition coefficient (Wildman–Crippen LogP) is 4.34. The summed E-state index contributed by atoms with van der Waals surface area (Å²) in [6, 6.07) is 9.78. The highest BCUT2D eigenvalue weighted by molar-refractivity contribution is 7.14. The van der Waals surface area contributed by atoms with Gasteiger partial charge in [0.2, 0.25) is 0 Å². The van der Waals surface area contributed by atoms with Crippen molar-refractivity contribution < 1.29 is 14.3 Å². The van der Waals surface area contributed by atoms with Crippen molar-refractivity contribution >= 4 is 28.6 Å². The molecule has 0 aliphatic rings. The Balaban J connectivity index is 1.42. The molecule has 0 fully saturated rings. The molecule has 0 atom stereocenters. The summed E-state index contributed by atoms with van der Waals surface area (Å²) in [7, 11) is 0. The zero-order valence-electron chi connectivity index (χ0n) is 13.2. The lowest BCUT2D eigenvalue weighted by Crippen LogP contribution is -2.14. The van der Waals surface area contributed by atoms with E-state index in [1.807, 2.05) is 53.4 Å². The van der Waals surface area contributed by atoms with Crippen molar-refractivity contribution in [3.05, 3.63) is 57.7 Å². The number of aryl methyl sites for hydroxylation is 1. The van der Waals surface area contributed by atoms with Gasteiger partial charge in [-0.15, -0.1) is 11.3 Å². The lowest BCUT2D eigenvalue weighted by Gasteiger charge is -2.09. The standard InChI is InChI=1S/C18H17NO3S2/c1-13-4-2-3-5-16(13)21-7-8-22-17(20)10-15-12-24-18(19-15)14-6-9-23-11-14/h2-6,9,11-12H,7-8,10H2,1H3. The molecule has 4 nitrogen and oxygen atoms in total. The third-order valence-electron chi connectivity index (χ3n) is 3.34. The Morgan fingerprint density at radius 1 is 1.17 bits per heavy atom. The normalized spacial score (nSPS) is 10.5. The first-order valence-electron chi connectivity index (χ1n) is 7.53. The smallest absolute Gasteiger partial charge is 0.312 e. The highest BCUT2D eigenvalue weighted by Crippen LogP contribution is 2.25. The average Bonchev–Trinajstić information content (AvgIpc) is 3.24. The van der Waals surface area contributed by atoms with E-state index < -0.39 is 0 Å². The van der Waals surface area contributed by atoms with Gasteiger partial charge < -0.3 is 9.47 Å². The van der Waals surface area contributed by atoms with E-state index in [1.54, 1.807) is 11.3 Å². The highest BCUT2D eigenvalue weighted by Gasteiger charge is 2.10. The Bertz CT molecular complexity index is 796. The number of esters is 1. The number of para-hydroxylation sites is 1. The number of nitrogens with zero attached hydrogens (tertiary/aromatic N) is 1. The van der Waals surface area contributed by atoms with E-state index in [1.165, 1.54) is 11.3 Å². The maximum Gasteiger partial charge on any atom is 0.312 e. The molecule has 0 saturated carbocycles. The Morgan fingerprint density at radius 3 is 2.83 bits per heavy atom. The van der Waals surface area contributed by atoms with Crippen LogP contribution in [0.1, 0.15) is 11.3 Å². The summed E-state index contributed by atoms with van der Waals surface area (Å²) in [5.74, 6) is 0.527. The van der Waals surface area contributed by atoms with Crippen molar-refractivity contribution in [3.63, 3.8) is 0 Å². The van der Waals surface area contributed by atoms with Crippen molar-refractivity contribution in [2.24, 2.45) is 0 Å². The fourth-order valence-electron chi connectivity index (χ4n) is 2.13. The van der Waals surface area contributed by atoms with Gasteiger partial charge in [0.05, 0.1) is 12.1 Å². The van der Waals surface area contributed by atoms with E-state index in [9.17, 15) is 4.79 Å². The van der Waals surface area contributed by atoms with Gasteiger partial charge in [0.1, 0.15) is 24.0 Å². The zero-order chi connectivity index (χ0) is 16.8. The SMILES string of the molecule is Cc1ccccc1OCCOC(=O)Cc1csc(-c2ccsc2)n1. The van der Waals surface area contributed by atoms with Crippen LogP contribution in [0.15, 0.2) is 46.5 Å². The molecule has 0 radical (unpaired) electrons. The van der Waals surface area contributed by atoms with Crippen LogP contribution in [0.4, 0.5) is 0 Å². The van der Waals surface area contributed by atoms with Gasteiger partial charge in [0, 0.05) is 16.3 Å². The largest absolute Gasteiger partial charge is 0.490 e. The van der Waals surface area contributed by atoms with Gasteiger partial charge in [-0.2, -0.15) is 11.3 Å². The minimum atomic E-state index is -0.287. The molecule has 2 heterocycles. The molecule has 2 aromatic heterocycles. The molecule has 0 bridgehead atoms. The number of carbonyl (C=O) groups is 1. The van der Waals surface area contributed by atoms with Crippen molar-refractivity contribution in [3.8, 4) is 16.3 Å². The minimum Gasteiger partial charge on any atom is -0.490 e. The molecular weight excluding hydrogens is 342 g/mol. The molecule has 0 unspecified atom stereocenters. The number of thiophene rings is 1. The average molecular weight is 359 g/mol. The summed E-state index contributed by atoms with van der Waals surface area (Å²) in [4.78, 5) is 16.3. The molecule has 0 amide bonds. The molecule has 24 heavy (non-hydrogen) atoms. The van der Waals surface area contributed by atoms with Crippen molar-refractivity contribution in [2.45, 2.75) is 13.3 Å². The first-order chi connectivity index (χ1) is 11.7. The number of rotatable bonds is 7. The van der Waals surface area contributed by atoms with Crippen LogP contribution in [0.3, 0.4) is 0 Å².